The van der Waals surface area contributed by atoms with Crippen LogP contribution in [0.15, 0.2) is 11.2 Å². The SMILES string of the molecule is CC(C)(C)c1ncc2c(n1)[S@@](=N)(=O)CCC2. The van der Waals surface area contributed by atoms with Crippen LogP contribution in [0.2, 0.25) is 0 Å². The first kappa shape index (κ1) is 11.5. The number of fused-ring (bicyclic) bond motifs is 1. The summed E-state index contributed by atoms with van der Waals surface area (Å²) in [7, 11) is -2.68. The summed E-state index contributed by atoms with van der Waals surface area (Å²) in [5, 5.41) is 0.471. The Balaban J connectivity index is 2.61. The highest BCUT2D eigenvalue weighted by molar-refractivity contribution is 7.92. The second-order valence-corrected chi connectivity index (χ2v) is 7.40. The molecule has 1 atom stereocenters. The number of aryl methyl sites for hydroxylation is 1. The molecule has 5 heteroatoms. The lowest BCUT2D eigenvalue weighted by Crippen LogP contribution is -2.22. The molecule has 2 rings (SSSR count). The molecule has 0 radical (unpaired) electrons. The third-order valence-electron chi connectivity index (χ3n) is 2.69. The van der Waals surface area contributed by atoms with Crippen LogP contribution in [-0.2, 0) is 21.6 Å². The predicted molar refractivity (Wildman–Crippen MR) is 63.0 cm³/mol. The summed E-state index contributed by atoms with van der Waals surface area (Å²) >= 11 is 0. The molecular formula is C11H17N3OS. The fraction of sp³-hybridized carbons (Fsp3) is 0.636. The molecule has 0 bridgehead atoms. The lowest BCUT2D eigenvalue weighted by atomic mass is 9.95. The van der Waals surface area contributed by atoms with Crippen molar-refractivity contribution in [2.24, 2.45) is 0 Å². The molecule has 0 aromatic carbocycles. The maximum atomic E-state index is 12.1. The first-order valence-corrected chi connectivity index (χ1v) is 7.16. The van der Waals surface area contributed by atoms with Crippen molar-refractivity contribution in [1.29, 1.82) is 4.78 Å². The average Bonchev–Trinajstić information content (AvgIpc) is 2.15. The van der Waals surface area contributed by atoms with E-state index in [9.17, 15) is 4.21 Å². The Kier molecular flexibility index (Phi) is 2.53. The van der Waals surface area contributed by atoms with Gasteiger partial charge in [-0.25, -0.2) is 19.0 Å². The van der Waals surface area contributed by atoms with Gasteiger partial charge in [-0.1, -0.05) is 20.8 Å². The zero-order valence-corrected chi connectivity index (χ0v) is 10.7. The Labute approximate surface area is 96.5 Å². The standard InChI is InChI=1S/C11H17N3OS/c1-11(2,3)10-13-7-8-5-4-6-16(12,15)9(8)14-10/h7,12H,4-6H2,1-3H3/t16-/m0/s1. The summed E-state index contributed by atoms with van der Waals surface area (Å²) in [5.74, 6) is 1.11. The molecule has 0 amide bonds. The Hall–Kier alpha value is -0.970. The van der Waals surface area contributed by atoms with Gasteiger partial charge in [0.25, 0.3) is 0 Å². The minimum Gasteiger partial charge on any atom is -0.248 e. The maximum absolute atomic E-state index is 12.1. The van der Waals surface area contributed by atoms with Crippen molar-refractivity contribution in [1.82, 2.24) is 9.97 Å². The summed E-state index contributed by atoms with van der Waals surface area (Å²) < 4.78 is 19.9. The normalized spacial score (nSPS) is 25.2. The van der Waals surface area contributed by atoms with Crippen LogP contribution in [0.5, 0.6) is 0 Å². The molecule has 1 aromatic rings. The minimum absolute atomic E-state index is 0.165. The Morgan fingerprint density at radius 1 is 1.44 bits per heavy atom. The van der Waals surface area contributed by atoms with E-state index in [0.717, 1.165) is 18.4 Å². The topological polar surface area (TPSA) is 66.7 Å². The van der Waals surface area contributed by atoms with Crippen LogP contribution >= 0.6 is 0 Å². The van der Waals surface area contributed by atoms with E-state index in [1.54, 1.807) is 6.20 Å². The van der Waals surface area contributed by atoms with E-state index in [1.165, 1.54) is 0 Å². The third kappa shape index (κ3) is 1.96. The highest BCUT2D eigenvalue weighted by Gasteiger charge is 2.26. The monoisotopic (exact) mass is 239 g/mol. The van der Waals surface area contributed by atoms with Crippen molar-refractivity contribution in [3.63, 3.8) is 0 Å². The van der Waals surface area contributed by atoms with Crippen LogP contribution in [0.4, 0.5) is 0 Å². The van der Waals surface area contributed by atoms with Crippen LogP contribution < -0.4 is 0 Å². The van der Waals surface area contributed by atoms with Crippen LogP contribution in [0.25, 0.3) is 0 Å². The van der Waals surface area contributed by atoms with E-state index in [4.69, 9.17) is 4.78 Å². The van der Waals surface area contributed by atoms with Gasteiger partial charge >= 0.3 is 0 Å². The number of nitrogens with one attached hydrogen (secondary N) is 1. The van der Waals surface area contributed by atoms with E-state index < -0.39 is 9.73 Å². The molecule has 1 aliphatic heterocycles. The molecule has 1 aliphatic rings. The number of nitrogens with zero attached hydrogens (tertiary/aromatic N) is 2. The van der Waals surface area contributed by atoms with Crippen molar-refractivity contribution in [2.45, 2.75) is 44.1 Å². The largest absolute Gasteiger partial charge is 0.248 e. The van der Waals surface area contributed by atoms with Gasteiger partial charge in [-0.3, -0.25) is 0 Å². The zero-order chi connectivity index (χ0) is 12.0. The van der Waals surface area contributed by atoms with Crippen LogP contribution in [0.1, 0.15) is 38.6 Å². The first-order valence-electron chi connectivity index (χ1n) is 5.43. The Morgan fingerprint density at radius 3 is 2.75 bits per heavy atom. The quantitative estimate of drug-likeness (QED) is 0.705. The van der Waals surface area contributed by atoms with Crippen molar-refractivity contribution < 1.29 is 4.21 Å². The van der Waals surface area contributed by atoms with Crippen molar-refractivity contribution in [2.75, 3.05) is 5.75 Å². The molecule has 16 heavy (non-hydrogen) atoms. The van der Waals surface area contributed by atoms with E-state index in [2.05, 4.69) is 9.97 Å². The number of rotatable bonds is 0. The van der Waals surface area contributed by atoms with Crippen LogP contribution in [0.3, 0.4) is 0 Å². The number of hydrogen-bond donors (Lipinski definition) is 1. The Bertz CT molecular complexity index is 515. The average molecular weight is 239 g/mol. The number of aromatic nitrogens is 2. The van der Waals surface area contributed by atoms with E-state index >= 15 is 0 Å². The van der Waals surface area contributed by atoms with Gasteiger partial charge in [-0.2, -0.15) is 0 Å². The maximum Gasteiger partial charge on any atom is 0.142 e. The molecule has 4 nitrogen and oxygen atoms in total. The van der Waals surface area contributed by atoms with Gasteiger partial charge in [0, 0.05) is 22.9 Å². The van der Waals surface area contributed by atoms with E-state index in [-0.39, 0.29) is 5.41 Å². The molecule has 1 aromatic heterocycles. The van der Waals surface area contributed by atoms with Gasteiger partial charge in [-0.05, 0) is 12.8 Å². The molecule has 1 N–H and O–H groups in total. The summed E-state index contributed by atoms with van der Waals surface area (Å²) in [5.41, 5.74) is 0.724. The van der Waals surface area contributed by atoms with Gasteiger partial charge in [0.1, 0.15) is 10.9 Å². The summed E-state index contributed by atoms with van der Waals surface area (Å²) in [6, 6.07) is 0. The fourth-order valence-electron chi connectivity index (χ4n) is 1.77. The van der Waals surface area contributed by atoms with Gasteiger partial charge in [0.15, 0.2) is 0 Å². The molecule has 0 fully saturated rings. The minimum atomic E-state index is -2.68. The molecule has 0 unspecified atom stereocenters. The van der Waals surface area contributed by atoms with Gasteiger partial charge < -0.3 is 0 Å². The third-order valence-corrected chi connectivity index (χ3v) is 4.53. The lowest BCUT2D eigenvalue weighted by molar-refractivity contribution is 0.532. The van der Waals surface area contributed by atoms with Crippen molar-refractivity contribution in [3.8, 4) is 0 Å². The summed E-state index contributed by atoms with van der Waals surface area (Å²) in [4.78, 5) is 8.67. The first-order chi connectivity index (χ1) is 7.31. The molecule has 0 saturated carbocycles. The predicted octanol–water partition coefficient (Wildman–Crippen LogP) is 2.13. The number of hydrogen-bond acceptors (Lipinski definition) is 4. The highest BCUT2D eigenvalue weighted by Crippen LogP contribution is 2.26. The fourth-order valence-corrected chi connectivity index (χ4v) is 3.33. The van der Waals surface area contributed by atoms with E-state index in [0.29, 0.717) is 16.6 Å². The van der Waals surface area contributed by atoms with Crippen molar-refractivity contribution >= 4 is 9.73 Å². The second kappa shape index (κ2) is 3.52. The lowest BCUT2D eigenvalue weighted by Gasteiger charge is -2.21. The van der Waals surface area contributed by atoms with Gasteiger partial charge in [0.2, 0.25) is 0 Å². The van der Waals surface area contributed by atoms with Gasteiger partial charge in [0.05, 0.1) is 9.73 Å². The Morgan fingerprint density at radius 2 is 2.12 bits per heavy atom. The molecule has 2 heterocycles. The molecule has 0 spiro atoms. The smallest absolute Gasteiger partial charge is 0.142 e. The molecule has 88 valence electrons. The zero-order valence-electron chi connectivity index (χ0n) is 9.91. The summed E-state index contributed by atoms with van der Waals surface area (Å²) in [6.07, 6.45) is 3.39. The highest BCUT2D eigenvalue weighted by atomic mass is 32.2. The van der Waals surface area contributed by atoms with Crippen LogP contribution in [-0.4, -0.2) is 19.9 Å². The summed E-state index contributed by atoms with van der Waals surface area (Å²) in [6.45, 7) is 6.05. The molecule has 0 aliphatic carbocycles. The van der Waals surface area contributed by atoms with Crippen molar-refractivity contribution in [3.05, 3.63) is 17.6 Å². The van der Waals surface area contributed by atoms with Gasteiger partial charge in [-0.15, -0.1) is 0 Å². The van der Waals surface area contributed by atoms with E-state index in [1.807, 2.05) is 20.8 Å². The molecular weight excluding hydrogens is 222 g/mol. The van der Waals surface area contributed by atoms with Crippen LogP contribution in [0, 0.1) is 4.78 Å². The second-order valence-electron chi connectivity index (χ2n) is 5.26. The molecule has 0 saturated heterocycles.